The zero-order valence-corrected chi connectivity index (χ0v) is 17.3. The number of nitrogens with two attached hydrogens (primary N) is 1. The molecule has 0 spiro atoms. The normalized spacial score (nSPS) is 19.2. The second-order valence-corrected chi connectivity index (χ2v) is 8.81. The van der Waals surface area contributed by atoms with Crippen LogP contribution in [0, 0.1) is 6.92 Å². The summed E-state index contributed by atoms with van der Waals surface area (Å²) < 4.78 is 28.4. The highest BCUT2D eigenvalue weighted by Gasteiger charge is 2.43. The van der Waals surface area contributed by atoms with E-state index in [4.69, 9.17) is 9.88 Å². The lowest BCUT2D eigenvalue weighted by molar-refractivity contribution is -0.145. The Balaban J connectivity index is 1.75. The van der Waals surface area contributed by atoms with Crippen molar-refractivity contribution in [3.8, 4) is 5.75 Å². The number of hydrogen-bond acceptors (Lipinski definition) is 9. The van der Waals surface area contributed by atoms with E-state index < -0.39 is 27.9 Å². The summed E-state index contributed by atoms with van der Waals surface area (Å²) in [6, 6.07) is -1.23. The number of hydrogen-bond donors (Lipinski definition) is 3. The molecule has 0 aliphatic carbocycles. The fraction of sp³-hybridized carbons (Fsp3) is 0.562. The first-order valence-electron chi connectivity index (χ1n) is 9.14. The molecule has 2 aromatic rings. The Labute approximate surface area is 172 Å². The number of aromatic amines is 1. The van der Waals surface area contributed by atoms with E-state index in [0.717, 1.165) is 0 Å². The third kappa shape index (κ3) is 4.59. The zero-order chi connectivity index (χ0) is 22.1. The van der Waals surface area contributed by atoms with Crippen LogP contribution >= 0.6 is 0 Å². The Morgan fingerprint density at radius 3 is 2.77 bits per heavy atom. The summed E-state index contributed by atoms with van der Waals surface area (Å²) in [5, 5.41) is 29.4. The summed E-state index contributed by atoms with van der Waals surface area (Å²) in [6.07, 6.45) is 2.56. The number of nitrogens with one attached hydrogen (secondary N) is 1. The lowest BCUT2D eigenvalue weighted by Crippen LogP contribution is -2.41. The van der Waals surface area contributed by atoms with Crippen LogP contribution in [0.5, 0.6) is 5.75 Å². The SMILES string of the molecule is COC(=O)[C@@H]1C[C@H](n2cc(CCCS(N)(=O)=O)nn2)CN1C(=O)c1[nH]nc(C)c1O. The third-order valence-electron chi connectivity index (χ3n) is 4.94. The van der Waals surface area contributed by atoms with Gasteiger partial charge in [-0.25, -0.2) is 23.0 Å². The van der Waals surface area contributed by atoms with Crippen molar-refractivity contribution in [2.24, 2.45) is 5.14 Å². The molecule has 1 aliphatic rings. The molecular formula is C16H23N7O6S. The lowest BCUT2D eigenvalue weighted by Gasteiger charge is -2.21. The molecule has 0 unspecified atom stereocenters. The van der Waals surface area contributed by atoms with Gasteiger partial charge in [-0.05, 0) is 19.8 Å². The van der Waals surface area contributed by atoms with Crippen molar-refractivity contribution in [3.63, 3.8) is 0 Å². The van der Waals surface area contributed by atoms with E-state index in [-0.39, 0.29) is 41.9 Å². The minimum Gasteiger partial charge on any atom is -0.504 e. The fourth-order valence-corrected chi connectivity index (χ4v) is 3.92. The predicted octanol–water partition coefficient (Wildman–Crippen LogP) is -1.13. The van der Waals surface area contributed by atoms with Crippen molar-refractivity contribution < 1.29 is 27.9 Å². The number of nitrogens with zero attached hydrogens (tertiary/aromatic N) is 5. The number of rotatable bonds is 7. The fourth-order valence-electron chi connectivity index (χ4n) is 3.37. The van der Waals surface area contributed by atoms with E-state index in [1.807, 2.05) is 0 Å². The first-order chi connectivity index (χ1) is 14.1. The first-order valence-corrected chi connectivity index (χ1v) is 10.9. The van der Waals surface area contributed by atoms with Gasteiger partial charge in [0, 0.05) is 19.2 Å². The van der Waals surface area contributed by atoms with E-state index in [1.165, 1.54) is 16.7 Å². The summed E-state index contributed by atoms with van der Waals surface area (Å²) in [6.45, 7) is 1.68. The Hall–Kier alpha value is -3.00. The number of ether oxygens (including phenoxy) is 1. The minimum atomic E-state index is -3.55. The van der Waals surface area contributed by atoms with Gasteiger partial charge in [0.15, 0.2) is 11.4 Å². The molecule has 1 saturated heterocycles. The number of esters is 1. The molecule has 14 heteroatoms. The Morgan fingerprint density at radius 2 is 2.17 bits per heavy atom. The number of carbonyl (C=O) groups is 2. The Kier molecular flexibility index (Phi) is 6.07. The number of sulfonamides is 1. The molecule has 3 heterocycles. The summed E-state index contributed by atoms with van der Waals surface area (Å²) in [7, 11) is -2.32. The number of amides is 1. The van der Waals surface area contributed by atoms with Crippen LogP contribution in [0.15, 0.2) is 6.20 Å². The standard InChI is InChI=1S/C16H23N7O6S/c1-9-14(24)13(20-18-9)15(25)22-8-11(6-12(22)16(26)29-2)23-7-10(19-21-23)4-3-5-30(17,27)28/h7,11-12,24H,3-6,8H2,1-2H3,(H,18,20)(H2,17,27,28)/t11-,12-/m0/s1. The van der Waals surface area contributed by atoms with Gasteiger partial charge in [0.05, 0.1) is 24.6 Å². The second kappa shape index (κ2) is 8.39. The Bertz CT molecular complexity index is 1050. The molecule has 0 radical (unpaired) electrons. The summed E-state index contributed by atoms with van der Waals surface area (Å²) in [5.74, 6) is -1.61. The van der Waals surface area contributed by atoms with Gasteiger partial charge in [0.25, 0.3) is 5.91 Å². The highest BCUT2D eigenvalue weighted by Crippen LogP contribution is 2.31. The highest BCUT2D eigenvalue weighted by atomic mass is 32.2. The van der Waals surface area contributed by atoms with Crippen LogP contribution < -0.4 is 5.14 Å². The van der Waals surface area contributed by atoms with Gasteiger partial charge in [0.2, 0.25) is 10.0 Å². The average molecular weight is 441 g/mol. The van der Waals surface area contributed by atoms with Gasteiger partial charge in [0.1, 0.15) is 11.7 Å². The van der Waals surface area contributed by atoms with Crippen LogP contribution in [0.2, 0.25) is 0 Å². The van der Waals surface area contributed by atoms with Gasteiger partial charge < -0.3 is 14.7 Å². The van der Waals surface area contributed by atoms with Crippen molar-refractivity contribution in [1.29, 1.82) is 0 Å². The van der Waals surface area contributed by atoms with Gasteiger partial charge in [-0.15, -0.1) is 5.10 Å². The van der Waals surface area contributed by atoms with Crippen molar-refractivity contribution in [2.45, 2.75) is 38.3 Å². The van der Waals surface area contributed by atoms with Crippen molar-refractivity contribution in [2.75, 3.05) is 19.4 Å². The average Bonchev–Trinajstić information content (AvgIpc) is 3.39. The van der Waals surface area contributed by atoms with E-state index in [2.05, 4.69) is 20.5 Å². The van der Waals surface area contributed by atoms with E-state index in [9.17, 15) is 23.1 Å². The molecule has 0 saturated carbocycles. The molecule has 0 bridgehead atoms. The number of aromatic nitrogens is 5. The number of primary sulfonamides is 1. The van der Waals surface area contributed by atoms with Crippen LogP contribution in [-0.2, 0) is 26.0 Å². The zero-order valence-electron chi connectivity index (χ0n) is 16.5. The summed E-state index contributed by atoms with van der Waals surface area (Å²) >= 11 is 0. The van der Waals surface area contributed by atoms with Gasteiger partial charge in [-0.2, -0.15) is 5.10 Å². The molecule has 2 atom stereocenters. The topological polar surface area (TPSA) is 186 Å². The molecule has 30 heavy (non-hydrogen) atoms. The molecule has 4 N–H and O–H groups in total. The molecule has 0 aromatic carbocycles. The molecule has 1 fully saturated rings. The maximum Gasteiger partial charge on any atom is 0.328 e. The molecule has 1 aliphatic heterocycles. The molecule has 1 amide bonds. The quantitative estimate of drug-likeness (QED) is 0.447. The van der Waals surface area contributed by atoms with Crippen molar-refractivity contribution in [1.82, 2.24) is 30.1 Å². The van der Waals surface area contributed by atoms with Gasteiger partial charge in [-0.3, -0.25) is 9.89 Å². The number of aromatic hydroxyl groups is 1. The number of methoxy groups -OCH3 is 1. The van der Waals surface area contributed by atoms with Crippen molar-refractivity contribution >= 4 is 21.9 Å². The van der Waals surface area contributed by atoms with Crippen LogP contribution in [-0.4, -0.2) is 80.9 Å². The van der Waals surface area contributed by atoms with Gasteiger partial charge >= 0.3 is 5.97 Å². The molecule has 3 rings (SSSR count). The van der Waals surface area contributed by atoms with E-state index >= 15 is 0 Å². The second-order valence-electron chi connectivity index (χ2n) is 7.08. The molecule has 164 valence electrons. The molecular weight excluding hydrogens is 418 g/mol. The number of H-pyrrole nitrogens is 1. The highest BCUT2D eigenvalue weighted by molar-refractivity contribution is 7.89. The molecule has 2 aromatic heterocycles. The van der Waals surface area contributed by atoms with E-state index in [0.29, 0.717) is 18.5 Å². The smallest absolute Gasteiger partial charge is 0.328 e. The monoisotopic (exact) mass is 441 g/mol. The van der Waals surface area contributed by atoms with Crippen LogP contribution in [0.25, 0.3) is 0 Å². The van der Waals surface area contributed by atoms with Crippen LogP contribution in [0.1, 0.15) is 40.8 Å². The largest absolute Gasteiger partial charge is 0.504 e. The lowest BCUT2D eigenvalue weighted by atomic mass is 10.1. The predicted molar refractivity (Wildman–Crippen MR) is 102 cm³/mol. The maximum atomic E-state index is 12.9. The number of likely N-dealkylation sites (tertiary alicyclic amines) is 1. The summed E-state index contributed by atoms with van der Waals surface area (Å²) in [4.78, 5) is 26.4. The number of aryl methyl sites for hydroxylation is 2. The van der Waals surface area contributed by atoms with E-state index in [1.54, 1.807) is 13.1 Å². The first kappa shape index (κ1) is 21.7. The molecule has 13 nitrogen and oxygen atoms in total. The van der Waals surface area contributed by atoms with Crippen LogP contribution in [0.4, 0.5) is 0 Å². The number of carbonyl (C=O) groups excluding carboxylic acids is 2. The minimum absolute atomic E-state index is 0.107. The third-order valence-corrected chi connectivity index (χ3v) is 5.79. The Morgan fingerprint density at radius 1 is 1.43 bits per heavy atom. The summed E-state index contributed by atoms with van der Waals surface area (Å²) in [5.41, 5.74) is 0.730. The van der Waals surface area contributed by atoms with Crippen molar-refractivity contribution in [3.05, 3.63) is 23.3 Å². The maximum absolute atomic E-state index is 12.9. The van der Waals surface area contributed by atoms with Crippen LogP contribution in [0.3, 0.4) is 0 Å². The van der Waals surface area contributed by atoms with Gasteiger partial charge in [-0.1, -0.05) is 5.21 Å².